The molecule has 0 spiro atoms. The van der Waals surface area contributed by atoms with E-state index in [9.17, 15) is 0 Å². The summed E-state index contributed by atoms with van der Waals surface area (Å²) >= 11 is 0. The van der Waals surface area contributed by atoms with Crippen molar-refractivity contribution in [2.75, 3.05) is 0 Å². The lowest BCUT2D eigenvalue weighted by Crippen LogP contribution is -2.00. The van der Waals surface area contributed by atoms with Crippen molar-refractivity contribution in [3.8, 4) is 45.3 Å². The van der Waals surface area contributed by atoms with Gasteiger partial charge in [0.05, 0.1) is 0 Å². The van der Waals surface area contributed by atoms with Gasteiger partial charge in [0.2, 0.25) is 0 Å². The number of nitrogens with zero attached hydrogens (tertiary/aromatic N) is 3. The van der Waals surface area contributed by atoms with Crippen LogP contribution in [0.2, 0.25) is 0 Å². The molecule has 2 heterocycles. The van der Waals surface area contributed by atoms with E-state index in [2.05, 4.69) is 121 Å². The van der Waals surface area contributed by atoms with Crippen LogP contribution >= 0.6 is 0 Å². The number of furan rings is 1. The predicted octanol–water partition coefficient (Wildman–Crippen LogP) is 10.7. The SMILES string of the molecule is c1ccc(-c2nc(-c3ccc4ccccc4c3)nc(-c3ccc4c(c3)oc3cc5ccccc5c(-c5ccccc5)c34)n2)cc1. The van der Waals surface area contributed by atoms with Gasteiger partial charge in [-0.3, -0.25) is 0 Å². The van der Waals surface area contributed by atoms with E-state index in [0.717, 1.165) is 55.0 Å². The highest BCUT2D eigenvalue weighted by atomic mass is 16.3. The van der Waals surface area contributed by atoms with E-state index in [-0.39, 0.29) is 0 Å². The molecule has 0 unspecified atom stereocenters. The van der Waals surface area contributed by atoms with Gasteiger partial charge in [0.15, 0.2) is 17.5 Å². The number of fused-ring (bicyclic) bond motifs is 5. The first-order valence-corrected chi connectivity index (χ1v) is 15.0. The normalized spacial score (nSPS) is 11.6. The van der Waals surface area contributed by atoms with Crippen LogP contribution in [-0.2, 0) is 0 Å². The van der Waals surface area contributed by atoms with Crippen LogP contribution in [0.15, 0.2) is 156 Å². The van der Waals surface area contributed by atoms with Crippen molar-refractivity contribution < 1.29 is 4.42 Å². The Balaban J connectivity index is 1.26. The Morgan fingerprint density at radius 3 is 1.69 bits per heavy atom. The van der Waals surface area contributed by atoms with E-state index in [4.69, 9.17) is 19.4 Å². The maximum atomic E-state index is 6.59. The van der Waals surface area contributed by atoms with Crippen LogP contribution < -0.4 is 0 Å². The van der Waals surface area contributed by atoms with Crippen LogP contribution in [0.4, 0.5) is 0 Å². The molecule has 0 aliphatic carbocycles. The Bertz CT molecular complexity index is 2540. The van der Waals surface area contributed by atoms with E-state index >= 15 is 0 Å². The predicted molar refractivity (Wildman–Crippen MR) is 184 cm³/mol. The zero-order valence-electron chi connectivity index (χ0n) is 24.2. The van der Waals surface area contributed by atoms with Gasteiger partial charge in [-0.15, -0.1) is 0 Å². The zero-order chi connectivity index (χ0) is 29.7. The monoisotopic (exact) mass is 575 g/mol. The smallest absolute Gasteiger partial charge is 0.164 e. The summed E-state index contributed by atoms with van der Waals surface area (Å²) in [6, 6.07) is 52.2. The highest BCUT2D eigenvalue weighted by Crippen LogP contribution is 2.42. The Kier molecular flexibility index (Phi) is 5.78. The van der Waals surface area contributed by atoms with E-state index in [1.165, 1.54) is 16.3 Å². The largest absolute Gasteiger partial charge is 0.456 e. The summed E-state index contributed by atoms with van der Waals surface area (Å²) < 4.78 is 6.59. The molecule has 0 N–H and O–H groups in total. The van der Waals surface area contributed by atoms with E-state index in [0.29, 0.717) is 17.5 Å². The molecule has 0 amide bonds. The molecule has 2 aromatic heterocycles. The minimum absolute atomic E-state index is 0.600. The highest BCUT2D eigenvalue weighted by molar-refractivity contribution is 6.20. The van der Waals surface area contributed by atoms with Crippen molar-refractivity contribution in [2.45, 2.75) is 0 Å². The van der Waals surface area contributed by atoms with Crippen LogP contribution in [0, 0.1) is 0 Å². The van der Waals surface area contributed by atoms with Crippen molar-refractivity contribution in [3.63, 3.8) is 0 Å². The Morgan fingerprint density at radius 1 is 0.356 bits per heavy atom. The fourth-order valence-corrected chi connectivity index (χ4v) is 6.32. The third-order valence-corrected chi connectivity index (χ3v) is 8.48. The molecule has 45 heavy (non-hydrogen) atoms. The van der Waals surface area contributed by atoms with Gasteiger partial charge in [0, 0.05) is 33.0 Å². The van der Waals surface area contributed by atoms with Crippen molar-refractivity contribution >= 4 is 43.5 Å². The van der Waals surface area contributed by atoms with Crippen LogP contribution in [0.3, 0.4) is 0 Å². The van der Waals surface area contributed by atoms with Gasteiger partial charge >= 0.3 is 0 Å². The van der Waals surface area contributed by atoms with Crippen LogP contribution in [0.5, 0.6) is 0 Å². The number of benzene rings is 7. The topological polar surface area (TPSA) is 51.8 Å². The maximum Gasteiger partial charge on any atom is 0.164 e. The molecule has 0 bridgehead atoms. The van der Waals surface area contributed by atoms with Crippen molar-refractivity contribution in [2.24, 2.45) is 0 Å². The van der Waals surface area contributed by atoms with Gasteiger partial charge in [-0.25, -0.2) is 15.0 Å². The molecule has 0 radical (unpaired) electrons. The summed E-state index contributed by atoms with van der Waals surface area (Å²) in [5.41, 5.74) is 6.75. The number of hydrogen-bond acceptors (Lipinski definition) is 4. The number of rotatable bonds is 4. The Labute approximate surface area is 259 Å². The maximum absolute atomic E-state index is 6.59. The van der Waals surface area contributed by atoms with Gasteiger partial charge < -0.3 is 4.42 Å². The fourth-order valence-electron chi connectivity index (χ4n) is 6.32. The molecular weight excluding hydrogens is 550 g/mol. The summed E-state index contributed by atoms with van der Waals surface area (Å²) in [5, 5.41) is 6.84. The van der Waals surface area contributed by atoms with Crippen LogP contribution in [0.25, 0.3) is 88.8 Å². The average molecular weight is 576 g/mol. The van der Waals surface area contributed by atoms with Gasteiger partial charge in [-0.1, -0.05) is 127 Å². The van der Waals surface area contributed by atoms with Gasteiger partial charge in [-0.2, -0.15) is 0 Å². The van der Waals surface area contributed by atoms with E-state index in [1.54, 1.807) is 0 Å². The lowest BCUT2D eigenvalue weighted by atomic mass is 9.93. The van der Waals surface area contributed by atoms with Gasteiger partial charge in [0.1, 0.15) is 11.2 Å². The molecule has 0 aliphatic heterocycles. The standard InChI is InChI=1S/C41H25N3O/c1-3-12-27(13-4-1)37-33-18-10-9-17-30(33)24-36-38(37)34-22-21-32(25-35(34)45-36)41-43-39(28-14-5-2-6-15-28)42-40(44-41)31-20-19-26-11-7-8-16-29(26)23-31/h1-25H. The van der Waals surface area contributed by atoms with E-state index in [1.807, 2.05) is 30.3 Å². The second kappa shape index (κ2) is 10.2. The van der Waals surface area contributed by atoms with Crippen molar-refractivity contribution in [1.82, 2.24) is 15.0 Å². The molecular formula is C41H25N3O. The summed E-state index contributed by atoms with van der Waals surface area (Å²) in [7, 11) is 0. The van der Waals surface area contributed by atoms with Crippen molar-refractivity contribution in [3.05, 3.63) is 152 Å². The lowest BCUT2D eigenvalue weighted by Gasteiger charge is -2.10. The fraction of sp³-hybridized carbons (Fsp3) is 0. The third kappa shape index (κ3) is 4.35. The molecule has 9 rings (SSSR count). The molecule has 7 aromatic carbocycles. The number of hydrogen-bond donors (Lipinski definition) is 0. The van der Waals surface area contributed by atoms with Crippen molar-refractivity contribution in [1.29, 1.82) is 0 Å². The van der Waals surface area contributed by atoms with Crippen LogP contribution in [0.1, 0.15) is 0 Å². The molecule has 4 nitrogen and oxygen atoms in total. The molecule has 9 aromatic rings. The Hall–Kier alpha value is -6.13. The average Bonchev–Trinajstić information content (AvgIpc) is 3.48. The zero-order valence-corrected chi connectivity index (χ0v) is 24.2. The molecule has 0 aliphatic rings. The minimum atomic E-state index is 0.600. The second-order valence-electron chi connectivity index (χ2n) is 11.3. The summed E-state index contributed by atoms with van der Waals surface area (Å²) in [6.45, 7) is 0. The van der Waals surface area contributed by atoms with Gasteiger partial charge in [0.25, 0.3) is 0 Å². The minimum Gasteiger partial charge on any atom is -0.456 e. The quantitative estimate of drug-likeness (QED) is 0.209. The summed E-state index contributed by atoms with van der Waals surface area (Å²) in [4.78, 5) is 14.9. The summed E-state index contributed by atoms with van der Waals surface area (Å²) in [5.74, 6) is 1.86. The summed E-state index contributed by atoms with van der Waals surface area (Å²) in [6.07, 6.45) is 0. The molecule has 0 fully saturated rings. The number of aromatic nitrogens is 3. The first-order chi connectivity index (χ1) is 22.3. The second-order valence-corrected chi connectivity index (χ2v) is 11.3. The first kappa shape index (κ1) is 25.4. The Morgan fingerprint density at radius 2 is 0.933 bits per heavy atom. The lowest BCUT2D eigenvalue weighted by molar-refractivity contribution is 0.669. The highest BCUT2D eigenvalue weighted by Gasteiger charge is 2.18. The van der Waals surface area contributed by atoms with Crippen LogP contribution in [-0.4, -0.2) is 15.0 Å². The first-order valence-electron chi connectivity index (χ1n) is 15.0. The van der Waals surface area contributed by atoms with Gasteiger partial charge in [-0.05, 0) is 51.4 Å². The molecule has 0 saturated carbocycles. The van der Waals surface area contributed by atoms with E-state index < -0.39 is 0 Å². The molecule has 0 atom stereocenters. The molecule has 4 heteroatoms. The molecule has 210 valence electrons. The molecule has 0 saturated heterocycles. The third-order valence-electron chi connectivity index (χ3n) is 8.48.